The van der Waals surface area contributed by atoms with Crippen molar-refractivity contribution in [3.63, 3.8) is 0 Å². The van der Waals surface area contributed by atoms with Crippen molar-refractivity contribution in [2.75, 3.05) is 13.7 Å². The van der Waals surface area contributed by atoms with Crippen LogP contribution in [-0.2, 0) is 19.6 Å². The predicted molar refractivity (Wildman–Crippen MR) is 96.9 cm³/mol. The van der Waals surface area contributed by atoms with E-state index in [2.05, 4.69) is 10.0 Å². The van der Waals surface area contributed by atoms with Crippen LogP contribution in [0.4, 0.5) is 0 Å². The van der Waals surface area contributed by atoms with Gasteiger partial charge in [-0.05, 0) is 56.7 Å². The first kappa shape index (κ1) is 19.6. The second-order valence-electron chi connectivity index (χ2n) is 7.03. The smallest absolute Gasteiger partial charge is 0.338 e. The van der Waals surface area contributed by atoms with Crippen molar-refractivity contribution in [2.45, 2.75) is 49.6 Å². The summed E-state index contributed by atoms with van der Waals surface area (Å²) in [5, 5.41) is 2.79. The molecule has 148 valence electrons. The van der Waals surface area contributed by atoms with E-state index in [9.17, 15) is 18.0 Å². The summed E-state index contributed by atoms with van der Waals surface area (Å²) in [5.74, 6) is -0.511. The minimum Gasteiger partial charge on any atom is -0.495 e. The largest absolute Gasteiger partial charge is 0.495 e. The van der Waals surface area contributed by atoms with Gasteiger partial charge < -0.3 is 14.8 Å². The van der Waals surface area contributed by atoms with E-state index in [0.717, 1.165) is 25.7 Å². The van der Waals surface area contributed by atoms with Crippen LogP contribution in [0.1, 0.15) is 43.0 Å². The summed E-state index contributed by atoms with van der Waals surface area (Å²) in [6.45, 7) is 1.51. The number of esters is 1. The zero-order valence-electron chi connectivity index (χ0n) is 15.4. The molecule has 1 aromatic carbocycles. The van der Waals surface area contributed by atoms with Gasteiger partial charge in [-0.2, -0.15) is 0 Å². The third-order valence-electron chi connectivity index (χ3n) is 4.64. The minimum atomic E-state index is -3.81. The van der Waals surface area contributed by atoms with E-state index >= 15 is 0 Å². The second kappa shape index (κ2) is 7.85. The Morgan fingerprint density at radius 2 is 1.93 bits per heavy atom. The number of methoxy groups -OCH3 is 1. The topological polar surface area (TPSA) is 111 Å². The number of carbonyl (C=O) groups excluding carboxylic acids is 2. The maximum Gasteiger partial charge on any atom is 0.338 e. The SMILES string of the molecule is COc1ccc(C(=O)OCC(=O)N[C@@H](C)C2CC2)cc1S(=O)(=O)NC1CC1. The Balaban J connectivity index is 1.65. The summed E-state index contributed by atoms with van der Waals surface area (Å²) < 4.78 is 37.6. The molecule has 1 amide bonds. The lowest BCUT2D eigenvalue weighted by molar-refractivity contribution is -0.124. The van der Waals surface area contributed by atoms with Crippen molar-refractivity contribution in [2.24, 2.45) is 5.92 Å². The van der Waals surface area contributed by atoms with Gasteiger partial charge >= 0.3 is 5.97 Å². The van der Waals surface area contributed by atoms with Gasteiger partial charge in [-0.25, -0.2) is 17.9 Å². The highest BCUT2D eigenvalue weighted by molar-refractivity contribution is 7.89. The summed E-state index contributed by atoms with van der Waals surface area (Å²) in [5.41, 5.74) is 0.0370. The Bertz CT molecular complexity index is 830. The van der Waals surface area contributed by atoms with E-state index in [1.54, 1.807) is 0 Å². The highest BCUT2D eigenvalue weighted by Crippen LogP contribution is 2.32. The van der Waals surface area contributed by atoms with E-state index < -0.39 is 22.6 Å². The molecule has 27 heavy (non-hydrogen) atoms. The van der Waals surface area contributed by atoms with Gasteiger partial charge in [0.25, 0.3) is 5.91 Å². The number of hydrogen-bond donors (Lipinski definition) is 2. The highest BCUT2D eigenvalue weighted by Gasteiger charge is 2.31. The maximum absolute atomic E-state index is 12.5. The second-order valence-corrected chi connectivity index (χ2v) is 8.71. The number of rotatable bonds is 9. The van der Waals surface area contributed by atoms with Crippen molar-refractivity contribution in [3.05, 3.63) is 23.8 Å². The molecule has 8 nitrogen and oxygen atoms in total. The number of benzene rings is 1. The van der Waals surface area contributed by atoms with Crippen molar-refractivity contribution in [1.29, 1.82) is 0 Å². The van der Waals surface area contributed by atoms with Crippen LogP contribution in [0.3, 0.4) is 0 Å². The molecule has 0 spiro atoms. The highest BCUT2D eigenvalue weighted by atomic mass is 32.2. The fourth-order valence-corrected chi connectivity index (χ4v) is 4.22. The van der Waals surface area contributed by atoms with E-state index in [4.69, 9.17) is 9.47 Å². The third kappa shape index (κ3) is 5.20. The number of nitrogens with one attached hydrogen (secondary N) is 2. The summed E-state index contributed by atoms with van der Waals surface area (Å²) in [4.78, 5) is 24.0. The molecule has 0 heterocycles. The Morgan fingerprint density at radius 1 is 1.22 bits per heavy atom. The van der Waals surface area contributed by atoms with Gasteiger partial charge in [0.05, 0.1) is 12.7 Å². The van der Waals surface area contributed by atoms with Crippen molar-refractivity contribution < 1.29 is 27.5 Å². The van der Waals surface area contributed by atoms with Crippen molar-refractivity contribution in [3.8, 4) is 5.75 Å². The molecule has 0 bridgehead atoms. The third-order valence-corrected chi connectivity index (χ3v) is 6.18. The average molecular weight is 396 g/mol. The number of ether oxygens (including phenoxy) is 2. The number of sulfonamides is 1. The molecule has 1 aromatic rings. The van der Waals surface area contributed by atoms with Gasteiger partial charge in [0, 0.05) is 12.1 Å². The number of carbonyl (C=O) groups is 2. The molecule has 2 aliphatic rings. The fourth-order valence-electron chi connectivity index (χ4n) is 2.72. The first-order chi connectivity index (χ1) is 12.8. The summed E-state index contributed by atoms with van der Waals surface area (Å²) in [6, 6.07) is 3.99. The van der Waals surface area contributed by atoms with Crippen LogP contribution in [-0.4, -0.2) is 46.1 Å². The monoisotopic (exact) mass is 396 g/mol. The molecule has 9 heteroatoms. The van der Waals surface area contributed by atoms with Crippen LogP contribution in [0.2, 0.25) is 0 Å². The first-order valence-electron chi connectivity index (χ1n) is 8.97. The van der Waals surface area contributed by atoms with Gasteiger partial charge in [0.15, 0.2) is 6.61 Å². The number of hydrogen-bond acceptors (Lipinski definition) is 6. The molecule has 2 fully saturated rings. The van der Waals surface area contributed by atoms with E-state index in [-0.39, 0.29) is 34.2 Å². The van der Waals surface area contributed by atoms with Gasteiger partial charge in [0.1, 0.15) is 10.6 Å². The van der Waals surface area contributed by atoms with Crippen LogP contribution >= 0.6 is 0 Å². The lowest BCUT2D eigenvalue weighted by atomic mass is 10.2. The Morgan fingerprint density at radius 3 is 2.52 bits per heavy atom. The molecule has 0 aromatic heterocycles. The maximum atomic E-state index is 12.5. The fraction of sp³-hybridized carbons (Fsp3) is 0.556. The molecule has 2 saturated carbocycles. The van der Waals surface area contributed by atoms with Gasteiger partial charge in [-0.1, -0.05) is 0 Å². The predicted octanol–water partition coefficient (Wildman–Crippen LogP) is 1.21. The summed E-state index contributed by atoms with van der Waals surface area (Å²) in [6.07, 6.45) is 3.77. The minimum absolute atomic E-state index is 0.0370. The van der Waals surface area contributed by atoms with Crippen LogP contribution in [0.15, 0.2) is 23.1 Å². The molecule has 0 radical (unpaired) electrons. The standard InChI is InChI=1S/C18H24N2O6S/c1-11(12-3-4-12)19-17(21)10-26-18(22)13-5-8-15(25-2)16(9-13)27(23,24)20-14-6-7-14/h5,8-9,11-12,14,20H,3-4,6-7,10H2,1-2H3,(H,19,21)/t11-/m0/s1. The molecule has 1 atom stereocenters. The van der Waals surface area contributed by atoms with Gasteiger partial charge in [-0.15, -0.1) is 0 Å². The van der Waals surface area contributed by atoms with E-state index in [1.807, 2.05) is 6.92 Å². The molecule has 2 N–H and O–H groups in total. The Kier molecular flexibility index (Phi) is 5.71. The summed E-state index contributed by atoms with van der Waals surface area (Å²) >= 11 is 0. The van der Waals surface area contributed by atoms with Crippen LogP contribution in [0, 0.1) is 5.92 Å². The summed E-state index contributed by atoms with van der Waals surface area (Å²) in [7, 11) is -2.45. The molecule has 2 aliphatic carbocycles. The number of amides is 1. The van der Waals surface area contributed by atoms with E-state index in [0.29, 0.717) is 5.92 Å². The van der Waals surface area contributed by atoms with Crippen LogP contribution < -0.4 is 14.8 Å². The Hall–Kier alpha value is -2.13. The molecule has 0 aliphatic heterocycles. The van der Waals surface area contributed by atoms with Gasteiger partial charge in [-0.3, -0.25) is 4.79 Å². The van der Waals surface area contributed by atoms with Crippen molar-refractivity contribution >= 4 is 21.9 Å². The van der Waals surface area contributed by atoms with Crippen LogP contribution in [0.25, 0.3) is 0 Å². The van der Waals surface area contributed by atoms with Gasteiger partial charge in [0.2, 0.25) is 10.0 Å². The normalized spacial score (nSPS) is 17.9. The van der Waals surface area contributed by atoms with Crippen molar-refractivity contribution in [1.82, 2.24) is 10.0 Å². The Labute approximate surface area is 158 Å². The molecular weight excluding hydrogens is 372 g/mol. The zero-order chi connectivity index (χ0) is 19.6. The molecular formula is C18H24N2O6S. The molecule has 0 unspecified atom stereocenters. The lowest BCUT2D eigenvalue weighted by Crippen LogP contribution is -2.37. The average Bonchev–Trinajstić information content (AvgIpc) is 3.52. The molecule has 3 rings (SSSR count). The van der Waals surface area contributed by atoms with E-state index in [1.165, 1.54) is 25.3 Å². The zero-order valence-corrected chi connectivity index (χ0v) is 16.2. The quantitative estimate of drug-likeness (QED) is 0.607. The first-order valence-corrected chi connectivity index (χ1v) is 10.5. The lowest BCUT2D eigenvalue weighted by Gasteiger charge is -2.14. The van der Waals surface area contributed by atoms with Crippen LogP contribution in [0.5, 0.6) is 5.75 Å². The molecule has 0 saturated heterocycles.